The number of halogens is 1. The molecule has 2 aromatic carbocycles. The molecule has 2 fully saturated rings. The molecule has 1 amide bonds. The number of morpholine rings is 1. The number of carboxylic acid groups (broad SMARTS) is 1. The summed E-state index contributed by atoms with van der Waals surface area (Å²) in [5.74, 6) is -0.535. The van der Waals surface area contributed by atoms with Crippen molar-refractivity contribution >= 4 is 17.1 Å². The van der Waals surface area contributed by atoms with Gasteiger partial charge in [0, 0.05) is 37.3 Å². The number of hydrogen-bond donors (Lipinski definition) is 3. The van der Waals surface area contributed by atoms with E-state index in [0.717, 1.165) is 46.6 Å². The molecule has 2 aliphatic rings. The molecule has 3 N–H and O–H groups in total. The van der Waals surface area contributed by atoms with Gasteiger partial charge in [0.15, 0.2) is 5.65 Å². The van der Waals surface area contributed by atoms with Gasteiger partial charge in [-0.05, 0) is 61.1 Å². The minimum absolute atomic E-state index is 0.0267. The minimum atomic E-state index is -1.12. The number of phenols is 1. The third kappa shape index (κ3) is 5.75. The highest BCUT2D eigenvalue weighted by molar-refractivity contribution is 5.77. The maximum absolute atomic E-state index is 14.4. The van der Waals surface area contributed by atoms with Crippen LogP contribution in [-0.4, -0.2) is 67.7 Å². The lowest BCUT2D eigenvalue weighted by atomic mass is 9.91. The minimum Gasteiger partial charge on any atom is -0.508 e. The van der Waals surface area contributed by atoms with Crippen LogP contribution in [0, 0.1) is 5.82 Å². The number of rotatable bonds is 6. The van der Waals surface area contributed by atoms with Crippen molar-refractivity contribution in [2.75, 3.05) is 26.3 Å². The Kier molecular flexibility index (Phi) is 7.96. The summed E-state index contributed by atoms with van der Waals surface area (Å²) < 4.78 is 22.3. The molecule has 43 heavy (non-hydrogen) atoms. The van der Waals surface area contributed by atoms with E-state index in [9.17, 15) is 23.9 Å². The first-order valence-corrected chi connectivity index (χ1v) is 14.3. The van der Waals surface area contributed by atoms with Gasteiger partial charge in [-0.1, -0.05) is 24.3 Å². The molecule has 0 radical (unpaired) electrons. The Balaban J connectivity index is 1.45. The zero-order chi connectivity index (χ0) is 30.1. The van der Waals surface area contributed by atoms with E-state index in [0.29, 0.717) is 51.1 Å². The zero-order valence-electron chi connectivity index (χ0n) is 23.4. The van der Waals surface area contributed by atoms with Crippen molar-refractivity contribution in [3.63, 3.8) is 0 Å². The summed E-state index contributed by atoms with van der Waals surface area (Å²) in [6, 6.07) is 12.9. The van der Waals surface area contributed by atoms with Gasteiger partial charge in [-0.15, -0.1) is 0 Å². The lowest BCUT2D eigenvalue weighted by Gasteiger charge is -2.29. The molecule has 1 saturated heterocycles. The van der Waals surface area contributed by atoms with Gasteiger partial charge in [0.1, 0.15) is 11.6 Å². The first-order valence-electron chi connectivity index (χ1n) is 14.3. The third-order valence-corrected chi connectivity index (χ3v) is 8.33. The van der Waals surface area contributed by atoms with Crippen LogP contribution in [-0.2, 0) is 11.3 Å². The van der Waals surface area contributed by atoms with Gasteiger partial charge in [0.25, 0.3) is 5.56 Å². The van der Waals surface area contributed by atoms with Crippen molar-refractivity contribution in [1.29, 1.82) is 0 Å². The molecule has 4 aromatic rings. The van der Waals surface area contributed by atoms with Crippen molar-refractivity contribution in [3.05, 3.63) is 86.9 Å². The number of amides is 1. The van der Waals surface area contributed by atoms with Crippen LogP contribution in [0.2, 0.25) is 0 Å². The largest absolute Gasteiger partial charge is 0.508 e. The van der Waals surface area contributed by atoms with Gasteiger partial charge in [0.2, 0.25) is 0 Å². The van der Waals surface area contributed by atoms with Gasteiger partial charge in [0.05, 0.1) is 30.5 Å². The van der Waals surface area contributed by atoms with Crippen LogP contribution in [0.4, 0.5) is 9.18 Å². The standard InChI is InChI=1S/C31H32FN5O6/c32-20-16-25-28(33-17-20)36(31(42)37(29(25)39)22-9-7-21(8-10-22)34-30(40)41)23-4-1-3-19(15-23)24-5-2-6-27(38)26(24)18-35-11-13-43-14-12-35/h1-6,15-17,21-22,34,38H,7-14,18H2,(H,40,41)/t21-,22+. The Labute approximate surface area is 245 Å². The SMILES string of the molecule is O=C(O)N[C@H]1CC[C@@H](n2c(=O)c3cc(F)cnc3n(-c3cccc(-c4cccc(O)c4CN4CCOCC4)c3)c2=O)CC1. The molecular formula is C31H32FN5O6. The molecule has 0 unspecified atom stereocenters. The summed E-state index contributed by atoms with van der Waals surface area (Å²) >= 11 is 0. The van der Waals surface area contributed by atoms with Gasteiger partial charge in [-0.2, -0.15) is 0 Å². The monoisotopic (exact) mass is 589 g/mol. The molecule has 1 aliphatic heterocycles. The molecule has 224 valence electrons. The predicted molar refractivity (Wildman–Crippen MR) is 157 cm³/mol. The highest BCUT2D eigenvalue weighted by atomic mass is 19.1. The van der Waals surface area contributed by atoms with E-state index in [1.165, 1.54) is 4.57 Å². The third-order valence-electron chi connectivity index (χ3n) is 8.33. The number of phenolic OH excluding ortho intramolecular Hbond substituents is 1. The molecule has 1 saturated carbocycles. The molecule has 0 bridgehead atoms. The number of nitrogens with zero attached hydrogens (tertiary/aromatic N) is 4. The normalized spacial score (nSPS) is 19.4. The highest BCUT2D eigenvalue weighted by Gasteiger charge is 2.28. The molecule has 12 heteroatoms. The van der Waals surface area contributed by atoms with Crippen molar-refractivity contribution in [1.82, 2.24) is 24.3 Å². The molecule has 0 spiro atoms. The summed E-state index contributed by atoms with van der Waals surface area (Å²) in [7, 11) is 0. The maximum atomic E-state index is 14.4. The maximum Gasteiger partial charge on any atom is 0.404 e. The number of aromatic nitrogens is 3. The predicted octanol–water partition coefficient (Wildman–Crippen LogP) is 3.64. The fourth-order valence-electron chi connectivity index (χ4n) is 6.20. The van der Waals surface area contributed by atoms with Crippen molar-refractivity contribution < 1.29 is 24.1 Å². The molecule has 6 rings (SSSR count). The van der Waals surface area contributed by atoms with Gasteiger partial charge in [-0.3, -0.25) is 14.3 Å². The van der Waals surface area contributed by atoms with Crippen LogP contribution < -0.4 is 16.6 Å². The van der Waals surface area contributed by atoms with E-state index in [2.05, 4.69) is 15.2 Å². The number of hydrogen-bond acceptors (Lipinski definition) is 7. The second-order valence-corrected chi connectivity index (χ2v) is 11.0. The number of carbonyl (C=O) groups is 1. The summed E-state index contributed by atoms with van der Waals surface area (Å²) in [6.45, 7) is 3.25. The summed E-state index contributed by atoms with van der Waals surface area (Å²) in [4.78, 5) is 45.2. The molecule has 11 nitrogen and oxygen atoms in total. The number of fused-ring (bicyclic) bond motifs is 1. The number of benzene rings is 2. The van der Waals surface area contributed by atoms with Crippen molar-refractivity contribution in [2.24, 2.45) is 0 Å². The van der Waals surface area contributed by atoms with E-state index in [-0.39, 0.29) is 22.8 Å². The van der Waals surface area contributed by atoms with E-state index < -0.39 is 29.2 Å². The average molecular weight is 590 g/mol. The highest BCUT2D eigenvalue weighted by Crippen LogP contribution is 2.33. The first-order chi connectivity index (χ1) is 20.8. The molecule has 0 atom stereocenters. The topological polar surface area (TPSA) is 139 Å². The second kappa shape index (κ2) is 12.0. The van der Waals surface area contributed by atoms with E-state index in [1.54, 1.807) is 30.3 Å². The lowest BCUT2D eigenvalue weighted by molar-refractivity contribution is 0.0339. The van der Waals surface area contributed by atoms with E-state index in [1.807, 2.05) is 12.1 Å². The Bertz CT molecular complexity index is 1790. The summed E-state index contributed by atoms with van der Waals surface area (Å²) in [6.07, 6.45) is 1.59. The molecule has 2 aromatic heterocycles. The van der Waals surface area contributed by atoms with Crippen LogP contribution in [0.15, 0.2) is 64.3 Å². The second-order valence-electron chi connectivity index (χ2n) is 11.0. The van der Waals surface area contributed by atoms with Gasteiger partial charge < -0.3 is 20.3 Å². The van der Waals surface area contributed by atoms with Crippen LogP contribution in [0.3, 0.4) is 0 Å². The number of aromatic hydroxyl groups is 1. The van der Waals surface area contributed by atoms with Crippen LogP contribution in [0.5, 0.6) is 5.75 Å². The fourth-order valence-corrected chi connectivity index (χ4v) is 6.20. The number of nitrogens with one attached hydrogen (secondary N) is 1. The number of ether oxygens (including phenoxy) is 1. The van der Waals surface area contributed by atoms with E-state index >= 15 is 0 Å². The average Bonchev–Trinajstić information content (AvgIpc) is 3.00. The summed E-state index contributed by atoms with van der Waals surface area (Å²) in [5.41, 5.74) is 1.52. The quantitative estimate of drug-likeness (QED) is 0.310. The Hall–Kier alpha value is -4.55. The fraction of sp³-hybridized carbons (Fsp3) is 0.355. The van der Waals surface area contributed by atoms with E-state index in [4.69, 9.17) is 9.84 Å². The van der Waals surface area contributed by atoms with Crippen LogP contribution in [0.25, 0.3) is 27.8 Å². The van der Waals surface area contributed by atoms with Crippen LogP contribution in [0.1, 0.15) is 37.3 Å². The molecular weight excluding hydrogens is 557 g/mol. The zero-order valence-corrected chi connectivity index (χ0v) is 23.4. The smallest absolute Gasteiger partial charge is 0.404 e. The van der Waals surface area contributed by atoms with Crippen molar-refractivity contribution in [3.8, 4) is 22.6 Å². The van der Waals surface area contributed by atoms with Crippen LogP contribution >= 0.6 is 0 Å². The summed E-state index contributed by atoms with van der Waals surface area (Å²) in [5, 5.41) is 22.4. The Morgan fingerprint density at radius 3 is 2.53 bits per heavy atom. The molecule has 3 heterocycles. The Morgan fingerprint density at radius 2 is 1.79 bits per heavy atom. The lowest BCUT2D eigenvalue weighted by Crippen LogP contribution is -2.45. The number of pyridine rings is 1. The molecule has 1 aliphatic carbocycles. The van der Waals surface area contributed by atoms with Crippen molar-refractivity contribution in [2.45, 2.75) is 44.3 Å². The Morgan fingerprint density at radius 1 is 1.05 bits per heavy atom. The van der Waals surface area contributed by atoms with Gasteiger partial charge in [-0.25, -0.2) is 23.5 Å². The first kappa shape index (κ1) is 28.6. The van der Waals surface area contributed by atoms with Gasteiger partial charge >= 0.3 is 11.8 Å².